The summed E-state index contributed by atoms with van der Waals surface area (Å²) in [6.45, 7) is 0. The molecule has 5 heteroatoms. The Morgan fingerprint density at radius 3 is 2.93 bits per heavy atom. The normalized spacial score (nSPS) is 9.93. The first-order chi connectivity index (χ1) is 6.72. The Morgan fingerprint density at radius 2 is 2.29 bits per heavy atom. The number of nitrogens with zero attached hydrogens (tertiary/aromatic N) is 2. The fourth-order valence-corrected chi connectivity index (χ4v) is 1.33. The largest absolute Gasteiger partial charge is 0.355 e. The highest BCUT2D eigenvalue weighted by Gasteiger charge is 2.13. The van der Waals surface area contributed by atoms with Gasteiger partial charge in [-0.25, -0.2) is 0 Å². The molecule has 2 rings (SSSR count). The van der Waals surface area contributed by atoms with Crippen molar-refractivity contribution in [2.45, 2.75) is 0 Å². The van der Waals surface area contributed by atoms with E-state index in [0.717, 1.165) is 0 Å². The van der Waals surface area contributed by atoms with Crippen LogP contribution in [0.15, 0.2) is 24.4 Å². The van der Waals surface area contributed by atoms with Crippen molar-refractivity contribution in [3.63, 3.8) is 0 Å². The van der Waals surface area contributed by atoms with Crippen molar-refractivity contribution in [1.82, 2.24) is 4.98 Å². The van der Waals surface area contributed by atoms with Gasteiger partial charge in [-0.2, -0.15) is 5.26 Å². The second kappa shape index (κ2) is 2.85. The molecule has 0 aliphatic rings. The summed E-state index contributed by atoms with van der Waals surface area (Å²) in [5.41, 5.74) is 1.12. The topological polar surface area (TPSA) is 82.7 Å². The lowest BCUT2D eigenvalue weighted by Crippen LogP contribution is -1.84. The molecule has 1 aromatic carbocycles. The minimum atomic E-state index is -0.453. The molecule has 0 unspecified atom stereocenters. The minimum Gasteiger partial charge on any atom is -0.355 e. The summed E-state index contributed by atoms with van der Waals surface area (Å²) < 4.78 is 0. The van der Waals surface area contributed by atoms with Gasteiger partial charge in [0.2, 0.25) is 0 Å². The Bertz CT molecular complexity index is 551. The van der Waals surface area contributed by atoms with Crippen LogP contribution in [0.3, 0.4) is 0 Å². The second-order valence-electron chi connectivity index (χ2n) is 2.80. The summed E-state index contributed by atoms with van der Waals surface area (Å²) in [6, 6.07) is 6.68. The number of aromatic amines is 1. The molecular formula is C9H5N3O2. The monoisotopic (exact) mass is 187 g/mol. The molecule has 1 heterocycles. The van der Waals surface area contributed by atoms with Gasteiger partial charge in [0.15, 0.2) is 0 Å². The van der Waals surface area contributed by atoms with Crippen LogP contribution in [0.5, 0.6) is 0 Å². The van der Waals surface area contributed by atoms with E-state index in [2.05, 4.69) is 4.98 Å². The summed E-state index contributed by atoms with van der Waals surface area (Å²) in [6.07, 6.45) is 1.33. The standard InChI is InChI=1S/C9H5N3O2/c10-4-6-1-2-7-8(3-6)11-5-9(7)12(13)14/h1-3,5,11H. The van der Waals surface area contributed by atoms with Gasteiger partial charge in [-0.15, -0.1) is 0 Å². The molecular weight excluding hydrogens is 182 g/mol. The van der Waals surface area contributed by atoms with E-state index in [-0.39, 0.29) is 5.69 Å². The van der Waals surface area contributed by atoms with Gasteiger partial charge in [0, 0.05) is 0 Å². The molecule has 0 saturated heterocycles. The van der Waals surface area contributed by atoms with Gasteiger partial charge in [0.25, 0.3) is 5.69 Å². The van der Waals surface area contributed by atoms with E-state index in [9.17, 15) is 10.1 Å². The van der Waals surface area contributed by atoms with Gasteiger partial charge < -0.3 is 4.98 Å². The number of fused-ring (bicyclic) bond motifs is 1. The molecule has 0 radical (unpaired) electrons. The zero-order valence-electron chi connectivity index (χ0n) is 7.02. The van der Waals surface area contributed by atoms with E-state index in [1.807, 2.05) is 6.07 Å². The summed E-state index contributed by atoms with van der Waals surface area (Å²) in [5.74, 6) is 0. The van der Waals surface area contributed by atoms with E-state index in [0.29, 0.717) is 16.5 Å². The van der Waals surface area contributed by atoms with E-state index < -0.39 is 4.92 Å². The zero-order chi connectivity index (χ0) is 10.1. The smallest absolute Gasteiger partial charge is 0.294 e. The molecule has 0 bridgehead atoms. The lowest BCUT2D eigenvalue weighted by atomic mass is 10.2. The fourth-order valence-electron chi connectivity index (χ4n) is 1.33. The van der Waals surface area contributed by atoms with Crippen LogP contribution in [0.25, 0.3) is 10.9 Å². The Hall–Kier alpha value is -2.35. The van der Waals surface area contributed by atoms with E-state index in [1.165, 1.54) is 6.20 Å². The van der Waals surface area contributed by atoms with E-state index in [1.54, 1.807) is 18.2 Å². The first kappa shape index (κ1) is 8.26. The molecule has 0 saturated carbocycles. The van der Waals surface area contributed by atoms with Crippen molar-refractivity contribution in [3.8, 4) is 6.07 Å². The van der Waals surface area contributed by atoms with E-state index in [4.69, 9.17) is 5.26 Å². The van der Waals surface area contributed by atoms with Crippen molar-refractivity contribution in [3.05, 3.63) is 40.1 Å². The number of nitro groups is 1. The molecule has 0 amide bonds. The summed E-state index contributed by atoms with van der Waals surface area (Å²) >= 11 is 0. The summed E-state index contributed by atoms with van der Waals surface area (Å²) in [4.78, 5) is 12.8. The molecule has 0 aliphatic carbocycles. The minimum absolute atomic E-state index is 0.0319. The van der Waals surface area contributed by atoms with Crippen LogP contribution < -0.4 is 0 Å². The van der Waals surface area contributed by atoms with Gasteiger partial charge in [-0.3, -0.25) is 10.1 Å². The van der Waals surface area contributed by atoms with Crippen LogP contribution in [0, 0.1) is 21.4 Å². The average molecular weight is 187 g/mol. The number of H-pyrrole nitrogens is 1. The van der Waals surface area contributed by atoms with Gasteiger partial charge in [-0.05, 0) is 18.2 Å². The van der Waals surface area contributed by atoms with Gasteiger partial charge in [0.1, 0.15) is 0 Å². The third kappa shape index (κ3) is 1.10. The number of hydrogen-bond acceptors (Lipinski definition) is 3. The molecule has 1 N–H and O–H groups in total. The Kier molecular flexibility index (Phi) is 1.68. The van der Waals surface area contributed by atoms with Crippen LogP contribution in [0.4, 0.5) is 5.69 Å². The predicted molar refractivity (Wildman–Crippen MR) is 49.7 cm³/mol. The highest BCUT2D eigenvalue weighted by Crippen LogP contribution is 2.25. The number of benzene rings is 1. The first-order valence-electron chi connectivity index (χ1n) is 3.88. The number of aromatic nitrogens is 1. The maximum Gasteiger partial charge on any atom is 0.294 e. The average Bonchev–Trinajstić information content (AvgIpc) is 2.59. The second-order valence-corrected chi connectivity index (χ2v) is 2.80. The number of nitriles is 1. The van der Waals surface area contributed by atoms with Gasteiger partial charge >= 0.3 is 0 Å². The van der Waals surface area contributed by atoms with Crippen molar-refractivity contribution in [2.75, 3.05) is 0 Å². The number of rotatable bonds is 1. The molecule has 0 spiro atoms. The number of hydrogen-bond donors (Lipinski definition) is 1. The third-order valence-corrected chi connectivity index (χ3v) is 1.99. The van der Waals surface area contributed by atoms with Crippen LogP contribution in [-0.2, 0) is 0 Å². The quantitative estimate of drug-likeness (QED) is 0.547. The molecule has 14 heavy (non-hydrogen) atoms. The molecule has 0 fully saturated rings. The van der Waals surface area contributed by atoms with Crippen molar-refractivity contribution >= 4 is 16.6 Å². The first-order valence-corrected chi connectivity index (χ1v) is 3.88. The van der Waals surface area contributed by atoms with Crippen molar-refractivity contribution in [2.24, 2.45) is 0 Å². The fraction of sp³-hybridized carbons (Fsp3) is 0. The molecule has 5 nitrogen and oxygen atoms in total. The van der Waals surface area contributed by atoms with Crippen molar-refractivity contribution in [1.29, 1.82) is 5.26 Å². The Balaban J connectivity index is 2.73. The Labute approximate surface area is 78.7 Å². The van der Waals surface area contributed by atoms with Crippen LogP contribution in [0.2, 0.25) is 0 Å². The molecule has 0 atom stereocenters. The number of nitrogens with one attached hydrogen (secondary N) is 1. The SMILES string of the molecule is N#Cc1ccc2c([N+](=O)[O-])c[nH]c2c1. The molecule has 68 valence electrons. The van der Waals surface area contributed by atoms with Crippen LogP contribution in [0.1, 0.15) is 5.56 Å². The lowest BCUT2D eigenvalue weighted by molar-refractivity contribution is -0.383. The highest BCUT2D eigenvalue weighted by molar-refractivity contribution is 5.89. The highest BCUT2D eigenvalue weighted by atomic mass is 16.6. The van der Waals surface area contributed by atoms with Crippen molar-refractivity contribution < 1.29 is 4.92 Å². The molecule has 1 aromatic heterocycles. The lowest BCUT2D eigenvalue weighted by Gasteiger charge is -1.90. The summed E-state index contributed by atoms with van der Waals surface area (Å²) in [7, 11) is 0. The zero-order valence-corrected chi connectivity index (χ0v) is 7.02. The van der Waals surface area contributed by atoms with Crippen LogP contribution >= 0.6 is 0 Å². The van der Waals surface area contributed by atoms with Gasteiger partial charge in [-0.1, -0.05) is 0 Å². The third-order valence-electron chi connectivity index (χ3n) is 1.99. The summed E-state index contributed by atoms with van der Waals surface area (Å²) in [5, 5.41) is 19.7. The Morgan fingerprint density at radius 1 is 1.50 bits per heavy atom. The van der Waals surface area contributed by atoms with Crippen LogP contribution in [-0.4, -0.2) is 9.91 Å². The maximum absolute atomic E-state index is 10.6. The molecule has 2 aromatic rings. The molecule has 0 aliphatic heterocycles. The van der Waals surface area contributed by atoms with E-state index >= 15 is 0 Å². The predicted octanol–water partition coefficient (Wildman–Crippen LogP) is 1.95. The van der Waals surface area contributed by atoms with Gasteiger partial charge in [0.05, 0.1) is 33.7 Å². The maximum atomic E-state index is 10.6.